The molecule has 2 aromatic rings. The summed E-state index contributed by atoms with van der Waals surface area (Å²) in [5.41, 5.74) is 6.98. The van der Waals surface area contributed by atoms with E-state index < -0.39 is 0 Å². The second-order valence-electron chi connectivity index (χ2n) is 4.54. The third-order valence-electron chi connectivity index (χ3n) is 3.19. The van der Waals surface area contributed by atoms with Crippen molar-refractivity contribution in [1.82, 2.24) is 10.3 Å². The number of nitrogens with zero attached hydrogens (tertiary/aromatic N) is 1. The van der Waals surface area contributed by atoms with Crippen LogP contribution in [0.4, 0.5) is 0 Å². The minimum absolute atomic E-state index is 0.0496. The van der Waals surface area contributed by atoms with Crippen molar-refractivity contribution >= 4 is 17.2 Å². The van der Waals surface area contributed by atoms with Crippen molar-refractivity contribution in [3.05, 3.63) is 45.9 Å². The largest absolute Gasteiger partial charge is 0.497 e. The predicted octanol–water partition coefficient (Wildman–Crippen LogP) is 2.49. The zero-order chi connectivity index (χ0) is 15.2. The van der Waals surface area contributed by atoms with Crippen molar-refractivity contribution in [2.75, 3.05) is 7.11 Å². The van der Waals surface area contributed by atoms with Gasteiger partial charge >= 0.3 is 0 Å². The standard InChI is InChI=1S/C15H19N3O2S/c1-3-12(10-4-6-11(20-2)7-5-10)18-15(19)13-9-21-14(8-16)17-13/h4-7,9,12H,3,8,16H2,1-2H3,(H,18,19). The lowest BCUT2D eigenvalue weighted by Gasteiger charge is -2.17. The molecule has 2 rings (SSSR count). The molecule has 1 heterocycles. The average Bonchev–Trinajstić information content (AvgIpc) is 3.01. The molecule has 0 saturated heterocycles. The molecule has 0 aliphatic heterocycles. The van der Waals surface area contributed by atoms with E-state index in [2.05, 4.69) is 10.3 Å². The lowest BCUT2D eigenvalue weighted by Crippen LogP contribution is -2.28. The van der Waals surface area contributed by atoms with E-state index in [0.717, 1.165) is 22.7 Å². The van der Waals surface area contributed by atoms with Gasteiger partial charge in [-0.3, -0.25) is 4.79 Å². The van der Waals surface area contributed by atoms with Crippen LogP contribution in [-0.2, 0) is 6.54 Å². The summed E-state index contributed by atoms with van der Waals surface area (Å²) in [6, 6.07) is 7.64. The zero-order valence-electron chi connectivity index (χ0n) is 12.1. The molecule has 1 atom stereocenters. The lowest BCUT2D eigenvalue weighted by atomic mass is 10.0. The van der Waals surface area contributed by atoms with E-state index >= 15 is 0 Å². The number of ether oxygens (including phenoxy) is 1. The number of amides is 1. The Morgan fingerprint density at radius 3 is 2.67 bits per heavy atom. The first kappa shape index (κ1) is 15.5. The summed E-state index contributed by atoms with van der Waals surface area (Å²) in [5.74, 6) is 0.626. The molecule has 0 bridgehead atoms. The van der Waals surface area contributed by atoms with Crippen LogP contribution in [0.3, 0.4) is 0 Å². The number of nitrogens with one attached hydrogen (secondary N) is 1. The van der Waals surface area contributed by atoms with E-state index in [1.807, 2.05) is 31.2 Å². The number of nitrogens with two attached hydrogens (primary N) is 1. The van der Waals surface area contributed by atoms with Crippen LogP contribution in [-0.4, -0.2) is 18.0 Å². The van der Waals surface area contributed by atoms with Crippen LogP contribution >= 0.6 is 11.3 Å². The number of benzene rings is 1. The van der Waals surface area contributed by atoms with E-state index in [4.69, 9.17) is 10.5 Å². The van der Waals surface area contributed by atoms with Crippen molar-refractivity contribution in [2.45, 2.75) is 25.9 Å². The van der Waals surface area contributed by atoms with Crippen molar-refractivity contribution in [3.63, 3.8) is 0 Å². The number of thiazole rings is 1. The van der Waals surface area contributed by atoms with E-state index in [0.29, 0.717) is 12.2 Å². The molecular weight excluding hydrogens is 286 g/mol. The van der Waals surface area contributed by atoms with Gasteiger partial charge < -0.3 is 15.8 Å². The van der Waals surface area contributed by atoms with Gasteiger partial charge in [0.25, 0.3) is 5.91 Å². The number of aromatic nitrogens is 1. The maximum atomic E-state index is 12.2. The molecule has 112 valence electrons. The monoisotopic (exact) mass is 305 g/mol. The molecule has 21 heavy (non-hydrogen) atoms. The number of methoxy groups -OCH3 is 1. The topological polar surface area (TPSA) is 77.2 Å². The highest BCUT2D eigenvalue weighted by molar-refractivity contribution is 7.09. The number of carbonyl (C=O) groups excluding carboxylic acids is 1. The Hall–Kier alpha value is -1.92. The highest BCUT2D eigenvalue weighted by atomic mass is 32.1. The molecule has 0 fully saturated rings. The lowest BCUT2D eigenvalue weighted by molar-refractivity contribution is 0.0931. The summed E-state index contributed by atoms with van der Waals surface area (Å²) in [7, 11) is 1.63. The molecule has 0 radical (unpaired) electrons. The van der Waals surface area contributed by atoms with Gasteiger partial charge in [0.15, 0.2) is 0 Å². The van der Waals surface area contributed by atoms with Crippen LogP contribution < -0.4 is 15.8 Å². The number of rotatable bonds is 6. The molecule has 0 aliphatic rings. The van der Waals surface area contributed by atoms with Crippen molar-refractivity contribution in [3.8, 4) is 5.75 Å². The zero-order valence-corrected chi connectivity index (χ0v) is 12.9. The minimum Gasteiger partial charge on any atom is -0.497 e. The number of hydrogen-bond donors (Lipinski definition) is 2. The van der Waals surface area contributed by atoms with Crippen LogP contribution in [0.15, 0.2) is 29.6 Å². The average molecular weight is 305 g/mol. The fourth-order valence-corrected chi connectivity index (χ4v) is 2.65. The van der Waals surface area contributed by atoms with Gasteiger partial charge in [0.05, 0.1) is 13.2 Å². The molecule has 0 aliphatic carbocycles. The highest BCUT2D eigenvalue weighted by Crippen LogP contribution is 2.20. The van der Waals surface area contributed by atoms with E-state index in [9.17, 15) is 4.79 Å². The van der Waals surface area contributed by atoms with Gasteiger partial charge in [-0.15, -0.1) is 11.3 Å². The summed E-state index contributed by atoms with van der Waals surface area (Å²) in [6.07, 6.45) is 0.798. The molecule has 6 heteroatoms. The molecule has 0 saturated carbocycles. The normalized spacial score (nSPS) is 12.0. The smallest absolute Gasteiger partial charge is 0.271 e. The fraction of sp³-hybridized carbons (Fsp3) is 0.333. The summed E-state index contributed by atoms with van der Waals surface area (Å²) in [4.78, 5) is 16.4. The Morgan fingerprint density at radius 2 is 2.14 bits per heavy atom. The van der Waals surface area contributed by atoms with E-state index in [1.54, 1.807) is 12.5 Å². The molecule has 1 amide bonds. The van der Waals surface area contributed by atoms with Gasteiger partial charge in [0, 0.05) is 11.9 Å². The highest BCUT2D eigenvalue weighted by Gasteiger charge is 2.16. The first-order valence-corrected chi connectivity index (χ1v) is 7.65. The summed E-state index contributed by atoms with van der Waals surface area (Å²) in [5, 5.41) is 5.49. The van der Waals surface area contributed by atoms with Crippen molar-refractivity contribution in [1.29, 1.82) is 0 Å². The number of hydrogen-bond acceptors (Lipinski definition) is 5. The molecular formula is C15H19N3O2S. The Balaban J connectivity index is 2.08. The van der Waals surface area contributed by atoms with Gasteiger partial charge in [0.1, 0.15) is 16.5 Å². The molecule has 1 aromatic carbocycles. The summed E-state index contributed by atoms with van der Waals surface area (Å²) >= 11 is 1.40. The summed E-state index contributed by atoms with van der Waals surface area (Å²) < 4.78 is 5.14. The van der Waals surface area contributed by atoms with Gasteiger partial charge in [0.2, 0.25) is 0 Å². The molecule has 1 aromatic heterocycles. The van der Waals surface area contributed by atoms with Gasteiger partial charge in [-0.25, -0.2) is 4.98 Å². The van der Waals surface area contributed by atoms with Crippen LogP contribution in [0.25, 0.3) is 0 Å². The Kier molecular flexibility index (Phi) is 5.30. The SMILES string of the molecule is CCC(NC(=O)c1csc(CN)n1)c1ccc(OC)cc1. The Morgan fingerprint density at radius 1 is 1.43 bits per heavy atom. The maximum Gasteiger partial charge on any atom is 0.271 e. The second-order valence-corrected chi connectivity index (χ2v) is 5.48. The van der Waals surface area contributed by atoms with E-state index in [-0.39, 0.29) is 11.9 Å². The maximum absolute atomic E-state index is 12.2. The van der Waals surface area contributed by atoms with Gasteiger partial charge in [-0.1, -0.05) is 19.1 Å². The van der Waals surface area contributed by atoms with Crippen LogP contribution in [0.1, 0.15) is 40.4 Å². The van der Waals surface area contributed by atoms with Crippen LogP contribution in [0.5, 0.6) is 5.75 Å². The quantitative estimate of drug-likeness (QED) is 0.859. The van der Waals surface area contributed by atoms with Crippen molar-refractivity contribution in [2.24, 2.45) is 5.73 Å². The summed E-state index contributed by atoms with van der Waals surface area (Å²) in [6.45, 7) is 2.38. The van der Waals surface area contributed by atoms with Crippen LogP contribution in [0.2, 0.25) is 0 Å². The van der Waals surface area contributed by atoms with E-state index in [1.165, 1.54) is 11.3 Å². The third-order valence-corrected chi connectivity index (χ3v) is 4.06. The first-order valence-electron chi connectivity index (χ1n) is 6.77. The molecule has 1 unspecified atom stereocenters. The minimum atomic E-state index is -0.173. The Labute approximate surface area is 128 Å². The fourth-order valence-electron chi connectivity index (χ4n) is 2.00. The second kappa shape index (κ2) is 7.19. The number of carbonyl (C=O) groups is 1. The third kappa shape index (κ3) is 3.80. The molecule has 0 spiro atoms. The van der Waals surface area contributed by atoms with Crippen LogP contribution in [0, 0.1) is 0 Å². The van der Waals surface area contributed by atoms with Crippen molar-refractivity contribution < 1.29 is 9.53 Å². The molecule has 3 N–H and O–H groups in total. The van der Waals surface area contributed by atoms with Gasteiger partial charge in [-0.05, 0) is 24.1 Å². The Bertz CT molecular complexity index is 595. The first-order chi connectivity index (χ1) is 10.2. The molecule has 5 nitrogen and oxygen atoms in total. The predicted molar refractivity (Wildman–Crippen MR) is 83.5 cm³/mol. The van der Waals surface area contributed by atoms with Gasteiger partial charge in [-0.2, -0.15) is 0 Å².